The molecule has 0 radical (unpaired) electrons. The van der Waals surface area contributed by atoms with Gasteiger partial charge in [-0.2, -0.15) is 0 Å². The molecule has 0 spiro atoms. The molecule has 0 aliphatic rings. The molecule has 4 heteroatoms. The molecule has 22 rings (SSSR count). The number of aromatic nitrogens is 4. The minimum Gasteiger partial charge on any atom is -0.248 e. The molecular weight excluding hydrogens is 1400 g/mol. The molecule has 4 heterocycles. The van der Waals surface area contributed by atoms with Crippen LogP contribution in [-0.4, -0.2) is 19.9 Å². The molecule has 0 unspecified atom stereocenters. The Labute approximate surface area is 673 Å². The number of pyridine rings is 4. The van der Waals surface area contributed by atoms with E-state index in [2.05, 4.69) is 419 Å². The van der Waals surface area contributed by atoms with Crippen molar-refractivity contribution in [3.8, 4) is 134 Å². The summed E-state index contributed by atoms with van der Waals surface area (Å²) in [5.74, 6) is 0. The Hall–Kier alpha value is -15.4. The molecule has 0 atom stereocenters. The quantitative estimate of drug-likeness (QED) is 0.114. The summed E-state index contributed by atoms with van der Waals surface area (Å²) in [5, 5.41) is 16.6. The maximum absolute atomic E-state index is 5.54. The van der Waals surface area contributed by atoms with Crippen molar-refractivity contribution in [3.63, 3.8) is 0 Å². The highest BCUT2D eigenvalue weighted by atomic mass is 14.7. The fourth-order valence-corrected chi connectivity index (χ4v) is 17.2. The van der Waals surface area contributed by atoms with E-state index in [0.717, 1.165) is 128 Å². The molecule has 540 valence electrons. The predicted molar refractivity (Wildman–Crippen MR) is 489 cm³/mol. The molecule has 22 aromatic rings. The average molecular weight is 1470 g/mol. The largest absolute Gasteiger partial charge is 0.248 e. The molecule has 0 fully saturated rings. The van der Waals surface area contributed by atoms with E-state index in [1.165, 1.54) is 92.8 Å². The van der Waals surface area contributed by atoms with Gasteiger partial charge in [-0.25, -0.2) is 19.9 Å². The van der Waals surface area contributed by atoms with Gasteiger partial charge in [0.15, 0.2) is 0 Å². The standard InChI is InChI=1S/2C56H36N2/c1-3-17-41(18-4-1)53-33-43(34-54(57-53)42-19-5-2-6-20-42)37-29-31-40(32-30-37)50-35-52-51(46-27-13-21-38-15-7-9-23-44(38)46)36-55(58-56(52)49-26-12-11-25-47(49)50)48-28-14-22-39-16-8-10-24-45(39)48;1-3-15-37(16-4-1)43-33-53(41-19-5-2-6-20-41)57-54(34-43)42-31-29-40(30-32-42)50-35-52-51(46-27-13-21-38-17-7-9-23-44(38)46)36-55(58-56(52)49-26-12-11-25-47(49)50)48-28-14-22-39-18-8-10-24-45(39)48/h2*1-36H. The van der Waals surface area contributed by atoms with Gasteiger partial charge in [-0.1, -0.05) is 388 Å². The first kappa shape index (κ1) is 68.7. The Morgan fingerprint density at radius 3 is 0.716 bits per heavy atom. The lowest BCUT2D eigenvalue weighted by atomic mass is 9.89. The molecule has 4 aromatic heterocycles. The second-order valence-corrected chi connectivity index (χ2v) is 29.8. The first-order chi connectivity index (χ1) is 57.5. The van der Waals surface area contributed by atoms with Gasteiger partial charge in [0.1, 0.15) is 0 Å². The minimum absolute atomic E-state index is 0.943. The van der Waals surface area contributed by atoms with Gasteiger partial charge in [0.05, 0.1) is 45.2 Å². The SMILES string of the molecule is c1ccc(-c2cc(-c3ccc(-c4cc5c(-c6cccc7ccccc67)cc(-c6cccc7ccccc67)nc5c5ccccc45)cc3)cc(-c3ccccc3)n2)cc1.c1ccc(-c2cc(-c3ccccc3)nc(-c3ccc(-c4cc5c(-c6cccc7ccccc67)cc(-c6cccc7ccccc67)nc5c5ccccc45)cc3)c2)cc1. The van der Waals surface area contributed by atoms with Gasteiger partial charge in [-0.15, -0.1) is 0 Å². The molecule has 0 amide bonds. The second-order valence-electron chi connectivity index (χ2n) is 29.8. The highest BCUT2D eigenvalue weighted by Crippen LogP contribution is 2.47. The zero-order valence-electron chi connectivity index (χ0n) is 63.4. The summed E-state index contributed by atoms with van der Waals surface area (Å²) in [6.45, 7) is 0. The normalized spacial score (nSPS) is 11.4. The minimum atomic E-state index is 0.943. The van der Waals surface area contributed by atoms with Crippen LogP contribution in [0.1, 0.15) is 0 Å². The zero-order chi connectivity index (χ0) is 76.8. The first-order valence-corrected chi connectivity index (χ1v) is 39.6. The fraction of sp³-hybridized carbons (Fsp3) is 0. The average Bonchev–Trinajstić information content (AvgIpc) is 0.736. The monoisotopic (exact) mass is 1470 g/mol. The Balaban J connectivity index is 0.000000145. The smallest absolute Gasteiger partial charge is 0.0794 e. The van der Waals surface area contributed by atoms with Crippen molar-refractivity contribution in [1.29, 1.82) is 0 Å². The van der Waals surface area contributed by atoms with E-state index >= 15 is 0 Å². The maximum atomic E-state index is 5.54. The van der Waals surface area contributed by atoms with Crippen LogP contribution in [0.2, 0.25) is 0 Å². The van der Waals surface area contributed by atoms with E-state index in [9.17, 15) is 0 Å². The summed E-state index contributed by atoms with van der Waals surface area (Å²) < 4.78 is 0. The van der Waals surface area contributed by atoms with Crippen LogP contribution in [0.25, 0.3) is 221 Å². The van der Waals surface area contributed by atoms with Gasteiger partial charge >= 0.3 is 0 Å². The molecule has 0 saturated carbocycles. The van der Waals surface area contributed by atoms with Crippen molar-refractivity contribution in [2.45, 2.75) is 0 Å². The summed E-state index contributed by atoms with van der Waals surface area (Å²) in [6.07, 6.45) is 0. The van der Waals surface area contributed by atoms with Gasteiger partial charge in [-0.3, -0.25) is 0 Å². The summed E-state index contributed by atoms with van der Waals surface area (Å²) in [7, 11) is 0. The second kappa shape index (κ2) is 29.7. The number of hydrogen-bond acceptors (Lipinski definition) is 4. The lowest BCUT2D eigenvalue weighted by Gasteiger charge is -2.17. The Morgan fingerprint density at radius 2 is 0.362 bits per heavy atom. The number of rotatable bonds is 12. The molecule has 18 aromatic carbocycles. The number of benzene rings is 18. The topological polar surface area (TPSA) is 51.6 Å². The van der Waals surface area contributed by atoms with Crippen LogP contribution < -0.4 is 0 Å². The Kier molecular flexibility index (Phi) is 17.6. The molecule has 0 aliphatic heterocycles. The summed E-state index contributed by atoms with van der Waals surface area (Å²) in [4.78, 5) is 21.4. The van der Waals surface area contributed by atoms with E-state index in [1.54, 1.807) is 0 Å². The molecule has 116 heavy (non-hydrogen) atoms. The Bertz CT molecular complexity index is 6940. The van der Waals surface area contributed by atoms with E-state index in [0.29, 0.717) is 0 Å². The predicted octanol–water partition coefficient (Wildman–Crippen LogP) is 30.2. The third-order valence-electron chi connectivity index (χ3n) is 22.9. The maximum Gasteiger partial charge on any atom is 0.0794 e. The van der Waals surface area contributed by atoms with Gasteiger partial charge in [-0.05, 0) is 169 Å². The van der Waals surface area contributed by atoms with Crippen LogP contribution >= 0.6 is 0 Å². The van der Waals surface area contributed by atoms with Crippen LogP contribution in [-0.2, 0) is 0 Å². The molecular formula is C112H72N4. The highest BCUT2D eigenvalue weighted by molar-refractivity contribution is 6.20. The van der Waals surface area contributed by atoms with E-state index < -0.39 is 0 Å². The third-order valence-corrected chi connectivity index (χ3v) is 22.9. The van der Waals surface area contributed by atoms with Crippen molar-refractivity contribution in [2.75, 3.05) is 0 Å². The van der Waals surface area contributed by atoms with Gasteiger partial charge in [0.2, 0.25) is 0 Å². The lowest BCUT2D eigenvalue weighted by molar-refractivity contribution is 1.32. The van der Waals surface area contributed by atoms with Crippen LogP contribution in [0, 0.1) is 0 Å². The fourth-order valence-electron chi connectivity index (χ4n) is 17.2. The lowest BCUT2D eigenvalue weighted by Crippen LogP contribution is -1.94. The van der Waals surface area contributed by atoms with E-state index in [-0.39, 0.29) is 0 Å². The Morgan fingerprint density at radius 1 is 0.112 bits per heavy atom. The van der Waals surface area contributed by atoms with Crippen molar-refractivity contribution in [2.24, 2.45) is 0 Å². The molecule has 4 nitrogen and oxygen atoms in total. The van der Waals surface area contributed by atoms with Gasteiger partial charge in [0, 0.05) is 54.9 Å². The summed E-state index contributed by atoms with van der Waals surface area (Å²) in [5.41, 5.74) is 28.4. The van der Waals surface area contributed by atoms with Crippen LogP contribution in [0.5, 0.6) is 0 Å². The van der Waals surface area contributed by atoms with Gasteiger partial charge < -0.3 is 0 Å². The first-order valence-electron chi connectivity index (χ1n) is 39.6. The molecule has 0 saturated heterocycles. The van der Waals surface area contributed by atoms with E-state index in [1.807, 2.05) is 18.2 Å². The van der Waals surface area contributed by atoms with Crippen molar-refractivity contribution >= 4 is 86.4 Å². The summed E-state index contributed by atoms with van der Waals surface area (Å²) in [6, 6.07) is 156. The molecule has 0 N–H and O–H groups in total. The van der Waals surface area contributed by atoms with E-state index in [4.69, 9.17) is 19.9 Å². The van der Waals surface area contributed by atoms with Crippen molar-refractivity contribution in [3.05, 3.63) is 437 Å². The van der Waals surface area contributed by atoms with Crippen LogP contribution in [0.4, 0.5) is 0 Å². The zero-order valence-corrected chi connectivity index (χ0v) is 63.4. The molecule has 0 bridgehead atoms. The van der Waals surface area contributed by atoms with Gasteiger partial charge in [0.25, 0.3) is 0 Å². The third kappa shape index (κ3) is 12.8. The highest BCUT2D eigenvalue weighted by Gasteiger charge is 2.22. The number of hydrogen-bond donors (Lipinski definition) is 0. The molecule has 0 aliphatic carbocycles. The van der Waals surface area contributed by atoms with Crippen molar-refractivity contribution < 1.29 is 0 Å². The number of nitrogens with zero attached hydrogens (tertiary/aromatic N) is 4. The number of fused-ring (bicyclic) bond motifs is 10. The van der Waals surface area contributed by atoms with Crippen LogP contribution in [0.15, 0.2) is 437 Å². The van der Waals surface area contributed by atoms with Crippen molar-refractivity contribution in [1.82, 2.24) is 19.9 Å². The summed E-state index contributed by atoms with van der Waals surface area (Å²) >= 11 is 0. The van der Waals surface area contributed by atoms with Crippen LogP contribution in [0.3, 0.4) is 0 Å².